The standard InChI is InChI=1S/C22H29ClN2O3.ClH/c1-2-27-22-15-18(16-24-9-10-25-11-13-26-14-12-25)7-8-21(22)28-17-19-5-3-4-6-20(19)23;/h3-8,15,24H,2,9-14,16-17H2,1H3;1H/p-1. The average molecular weight is 440 g/mol. The second-order valence-corrected chi connectivity index (χ2v) is 7.13. The lowest BCUT2D eigenvalue weighted by molar-refractivity contribution is -0.00000802. The predicted molar refractivity (Wildman–Crippen MR) is 112 cm³/mol. The Morgan fingerprint density at radius 3 is 2.62 bits per heavy atom. The van der Waals surface area contributed by atoms with Crippen LogP contribution in [-0.4, -0.2) is 50.9 Å². The Hall–Kier alpha value is -1.50. The number of benzene rings is 2. The molecule has 1 N–H and O–H groups in total. The van der Waals surface area contributed by atoms with Gasteiger partial charge in [-0.05, 0) is 30.7 Å². The van der Waals surface area contributed by atoms with E-state index < -0.39 is 0 Å². The van der Waals surface area contributed by atoms with Crippen LogP contribution < -0.4 is 27.2 Å². The van der Waals surface area contributed by atoms with Gasteiger partial charge in [0.05, 0.1) is 19.8 Å². The second-order valence-electron chi connectivity index (χ2n) is 6.72. The van der Waals surface area contributed by atoms with Gasteiger partial charge in [-0.3, -0.25) is 4.90 Å². The molecule has 0 radical (unpaired) electrons. The zero-order valence-electron chi connectivity index (χ0n) is 16.8. The van der Waals surface area contributed by atoms with Crippen molar-refractivity contribution in [2.24, 2.45) is 0 Å². The number of nitrogens with zero attached hydrogens (tertiary/aromatic N) is 1. The summed E-state index contributed by atoms with van der Waals surface area (Å²) in [5, 5.41) is 4.22. The van der Waals surface area contributed by atoms with Crippen LogP contribution in [0.15, 0.2) is 42.5 Å². The van der Waals surface area contributed by atoms with E-state index in [1.807, 2.05) is 43.3 Å². The predicted octanol–water partition coefficient (Wildman–Crippen LogP) is 0.744. The molecule has 5 nitrogen and oxygen atoms in total. The highest BCUT2D eigenvalue weighted by Gasteiger charge is 2.10. The summed E-state index contributed by atoms with van der Waals surface area (Å²) in [6.07, 6.45) is 0. The molecule has 0 atom stereocenters. The van der Waals surface area contributed by atoms with Gasteiger partial charge in [-0.2, -0.15) is 0 Å². The highest BCUT2D eigenvalue weighted by atomic mass is 35.5. The van der Waals surface area contributed by atoms with Crippen LogP contribution in [0.2, 0.25) is 5.02 Å². The lowest BCUT2D eigenvalue weighted by Gasteiger charge is -2.26. The van der Waals surface area contributed by atoms with Gasteiger partial charge in [-0.15, -0.1) is 0 Å². The van der Waals surface area contributed by atoms with Crippen molar-refractivity contribution in [2.45, 2.75) is 20.1 Å². The monoisotopic (exact) mass is 439 g/mol. The fourth-order valence-electron chi connectivity index (χ4n) is 3.12. The third-order valence-corrected chi connectivity index (χ3v) is 5.06. The minimum Gasteiger partial charge on any atom is -1.00 e. The van der Waals surface area contributed by atoms with Crippen LogP contribution >= 0.6 is 11.6 Å². The molecule has 2 aromatic carbocycles. The molecule has 0 unspecified atom stereocenters. The molecule has 1 aliphatic heterocycles. The van der Waals surface area contributed by atoms with Crippen molar-refractivity contribution in [1.82, 2.24) is 10.2 Å². The number of hydrogen-bond acceptors (Lipinski definition) is 5. The first kappa shape index (κ1) is 23.8. The van der Waals surface area contributed by atoms with Crippen molar-refractivity contribution in [3.05, 3.63) is 58.6 Å². The van der Waals surface area contributed by atoms with E-state index in [0.717, 1.165) is 63.0 Å². The molecule has 160 valence electrons. The average Bonchev–Trinajstić information content (AvgIpc) is 2.73. The molecule has 0 aromatic heterocycles. The summed E-state index contributed by atoms with van der Waals surface area (Å²) < 4.78 is 17.1. The molecule has 1 aliphatic rings. The summed E-state index contributed by atoms with van der Waals surface area (Å²) in [7, 11) is 0. The number of ether oxygens (including phenoxy) is 3. The van der Waals surface area contributed by atoms with E-state index in [1.165, 1.54) is 5.56 Å². The summed E-state index contributed by atoms with van der Waals surface area (Å²) >= 11 is 6.21. The Kier molecular flexibility index (Phi) is 10.6. The Balaban J connectivity index is 0.00000300. The lowest BCUT2D eigenvalue weighted by Crippen LogP contribution is -3.00. The van der Waals surface area contributed by atoms with Gasteiger partial charge in [0.2, 0.25) is 0 Å². The van der Waals surface area contributed by atoms with Crippen molar-refractivity contribution >= 4 is 11.6 Å². The number of halogens is 2. The maximum Gasteiger partial charge on any atom is 0.161 e. The minimum atomic E-state index is 0. The van der Waals surface area contributed by atoms with E-state index in [2.05, 4.69) is 16.3 Å². The Bertz CT molecular complexity index is 740. The first-order valence-corrected chi connectivity index (χ1v) is 10.3. The van der Waals surface area contributed by atoms with Gasteiger partial charge >= 0.3 is 0 Å². The number of rotatable bonds is 10. The highest BCUT2D eigenvalue weighted by molar-refractivity contribution is 6.31. The van der Waals surface area contributed by atoms with E-state index in [4.69, 9.17) is 25.8 Å². The van der Waals surface area contributed by atoms with Crippen LogP contribution in [0.5, 0.6) is 11.5 Å². The molecule has 2 aromatic rings. The van der Waals surface area contributed by atoms with Gasteiger partial charge in [-0.25, -0.2) is 0 Å². The molecule has 0 aliphatic carbocycles. The van der Waals surface area contributed by atoms with Crippen LogP contribution in [0, 0.1) is 0 Å². The SMILES string of the molecule is CCOc1cc(CNCCN2CCOCC2)ccc1OCc1ccccc1Cl.[Cl-]. The van der Waals surface area contributed by atoms with Gasteiger partial charge in [0.15, 0.2) is 11.5 Å². The molecule has 29 heavy (non-hydrogen) atoms. The summed E-state index contributed by atoms with van der Waals surface area (Å²) in [6, 6.07) is 13.8. The summed E-state index contributed by atoms with van der Waals surface area (Å²) in [6.45, 7) is 9.50. The van der Waals surface area contributed by atoms with E-state index in [-0.39, 0.29) is 12.4 Å². The summed E-state index contributed by atoms with van der Waals surface area (Å²) in [4.78, 5) is 2.42. The largest absolute Gasteiger partial charge is 1.00 e. The van der Waals surface area contributed by atoms with Crippen LogP contribution in [0.25, 0.3) is 0 Å². The van der Waals surface area contributed by atoms with Crippen LogP contribution in [0.1, 0.15) is 18.1 Å². The zero-order valence-corrected chi connectivity index (χ0v) is 18.3. The fraction of sp³-hybridized carbons (Fsp3) is 0.455. The number of morpholine rings is 1. The third kappa shape index (κ3) is 7.68. The van der Waals surface area contributed by atoms with Crippen LogP contribution in [0.4, 0.5) is 0 Å². The molecule has 3 rings (SSSR count). The molecule has 7 heteroatoms. The topological polar surface area (TPSA) is 43.0 Å². The fourth-order valence-corrected chi connectivity index (χ4v) is 3.31. The Labute approximate surface area is 184 Å². The van der Waals surface area contributed by atoms with E-state index in [0.29, 0.717) is 18.2 Å². The Morgan fingerprint density at radius 2 is 1.86 bits per heavy atom. The molecular weight excluding hydrogens is 411 g/mol. The van der Waals surface area contributed by atoms with Crippen molar-refractivity contribution in [2.75, 3.05) is 46.0 Å². The van der Waals surface area contributed by atoms with Crippen molar-refractivity contribution < 1.29 is 26.6 Å². The molecule has 1 fully saturated rings. The van der Waals surface area contributed by atoms with E-state index >= 15 is 0 Å². The van der Waals surface area contributed by atoms with Gasteiger partial charge in [-0.1, -0.05) is 35.9 Å². The summed E-state index contributed by atoms with van der Waals surface area (Å²) in [5.41, 5.74) is 2.14. The molecule has 1 heterocycles. The number of hydrogen-bond donors (Lipinski definition) is 1. The third-order valence-electron chi connectivity index (χ3n) is 4.69. The quantitative estimate of drug-likeness (QED) is 0.553. The lowest BCUT2D eigenvalue weighted by atomic mass is 10.2. The van der Waals surface area contributed by atoms with Crippen molar-refractivity contribution in [1.29, 1.82) is 0 Å². The van der Waals surface area contributed by atoms with E-state index in [9.17, 15) is 0 Å². The number of nitrogens with one attached hydrogen (secondary N) is 1. The van der Waals surface area contributed by atoms with Crippen LogP contribution in [-0.2, 0) is 17.9 Å². The highest BCUT2D eigenvalue weighted by Crippen LogP contribution is 2.30. The smallest absolute Gasteiger partial charge is 0.161 e. The van der Waals surface area contributed by atoms with Gasteiger partial charge in [0, 0.05) is 43.3 Å². The first-order valence-electron chi connectivity index (χ1n) is 9.89. The second kappa shape index (κ2) is 12.9. The molecule has 0 spiro atoms. The molecular formula is C22H29Cl2N2O3-. The minimum absolute atomic E-state index is 0. The maximum absolute atomic E-state index is 6.21. The molecule has 1 saturated heterocycles. The molecule has 0 amide bonds. The first-order chi connectivity index (χ1) is 13.8. The van der Waals surface area contributed by atoms with Crippen molar-refractivity contribution in [3.8, 4) is 11.5 Å². The molecule has 0 bridgehead atoms. The van der Waals surface area contributed by atoms with Gasteiger partial charge < -0.3 is 31.9 Å². The maximum atomic E-state index is 6.21. The zero-order chi connectivity index (χ0) is 19.6. The van der Waals surface area contributed by atoms with Gasteiger partial charge in [0.25, 0.3) is 0 Å². The van der Waals surface area contributed by atoms with Crippen molar-refractivity contribution in [3.63, 3.8) is 0 Å². The molecule has 0 saturated carbocycles. The van der Waals surface area contributed by atoms with E-state index in [1.54, 1.807) is 0 Å². The van der Waals surface area contributed by atoms with Crippen LogP contribution in [0.3, 0.4) is 0 Å². The summed E-state index contributed by atoms with van der Waals surface area (Å²) in [5.74, 6) is 1.50. The normalized spacial score (nSPS) is 14.3. The Morgan fingerprint density at radius 1 is 1.07 bits per heavy atom. The van der Waals surface area contributed by atoms with Gasteiger partial charge in [0.1, 0.15) is 6.61 Å².